The molecule has 0 aliphatic carbocycles. The molecule has 0 saturated heterocycles. The Morgan fingerprint density at radius 3 is 2.67 bits per heavy atom. The number of rotatable bonds is 4. The van der Waals surface area contributed by atoms with Crippen LogP contribution >= 0.6 is 0 Å². The third-order valence-electron chi connectivity index (χ3n) is 2.82. The molecule has 0 fully saturated rings. The first-order valence-corrected chi connectivity index (χ1v) is 6.63. The average molecular weight is 280 g/mol. The predicted molar refractivity (Wildman–Crippen MR) is 80.2 cm³/mol. The van der Waals surface area contributed by atoms with E-state index in [1.807, 2.05) is 42.5 Å². The maximum Gasteiger partial charge on any atom is 0.226 e. The van der Waals surface area contributed by atoms with Gasteiger partial charge < -0.3 is 10.4 Å². The number of amides is 1. The van der Waals surface area contributed by atoms with E-state index in [0.717, 1.165) is 16.8 Å². The zero-order valence-electron chi connectivity index (χ0n) is 11.5. The number of pyridine rings is 1. The highest BCUT2D eigenvalue weighted by Gasteiger charge is 2.03. The van der Waals surface area contributed by atoms with Gasteiger partial charge in [-0.3, -0.25) is 9.78 Å². The largest absolute Gasteiger partial charge is 0.384 e. The summed E-state index contributed by atoms with van der Waals surface area (Å²) in [6.45, 7) is 0.324. The number of aromatic nitrogens is 1. The van der Waals surface area contributed by atoms with Crippen molar-refractivity contribution >= 4 is 5.91 Å². The quantitative estimate of drug-likeness (QED) is 0.829. The van der Waals surface area contributed by atoms with Crippen LogP contribution in [0.2, 0.25) is 0 Å². The second-order valence-electron chi connectivity index (χ2n) is 4.43. The topological polar surface area (TPSA) is 62.2 Å². The van der Waals surface area contributed by atoms with Gasteiger partial charge in [0.2, 0.25) is 5.91 Å². The molecule has 2 N–H and O–H groups in total. The predicted octanol–water partition coefficient (Wildman–Crippen LogP) is 1.28. The van der Waals surface area contributed by atoms with Crippen molar-refractivity contribution in [3.05, 3.63) is 65.5 Å². The second-order valence-corrected chi connectivity index (χ2v) is 4.43. The molecule has 1 aromatic carbocycles. The highest BCUT2D eigenvalue weighted by atomic mass is 16.2. The van der Waals surface area contributed by atoms with Crippen molar-refractivity contribution in [3.8, 4) is 11.8 Å². The van der Waals surface area contributed by atoms with Gasteiger partial charge in [-0.2, -0.15) is 0 Å². The Morgan fingerprint density at radius 2 is 2.00 bits per heavy atom. The van der Waals surface area contributed by atoms with Crippen molar-refractivity contribution in [2.45, 2.75) is 13.0 Å². The normalized spacial score (nSPS) is 9.57. The van der Waals surface area contributed by atoms with Crippen LogP contribution in [0.3, 0.4) is 0 Å². The van der Waals surface area contributed by atoms with E-state index < -0.39 is 0 Å². The molecule has 4 nitrogen and oxygen atoms in total. The summed E-state index contributed by atoms with van der Waals surface area (Å²) in [6, 6.07) is 13.1. The number of aliphatic hydroxyl groups excluding tert-OH is 1. The van der Waals surface area contributed by atoms with Gasteiger partial charge >= 0.3 is 0 Å². The summed E-state index contributed by atoms with van der Waals surface area (Å²) in [6.07, 6.45) is 1.95. The molecule has 2 aromatic rings. The van der Waals surface area contributed by atoms with Gasteiger partial charge in [0.25, 0.3) is 0 Å². The molecule has 0 radical (unpaired) electrons. The monoisotopic (exact) mass is 280 g/mol. The van der Waals surface area contributed by atoms with Gasteiger partial charge in [-0.1, -0.05) is 30.0 Å². The molecule has 0 aliphatic heterocycles. The lowest BCUT2D eigenvalue weighted by molar-refractivity contribution is -0.120. The molecule has 4 heteroatoms. The van der Waals surface area contributed by atoms with Crippen LogP contribution in [0.15, 0.2) is 48.7 Å². The van der Waals surface area contributed by atoms with Crippen LogP contribution in [0.5, 0.6) is 0 Å². The Kier molecular flexibility index (Phi) is 5.50. The van der Waals surface area contributed by atoms with Crippen LogP contribution in [0.1, 0.15) is 16.8 Å². The zero-order chi connectivity index (χ0) is 14.9. The highest BCUT2D eigenvalue weighted by Crippen LogP contribution is 2.03. The first-order valence-electron chi connectivity index (χ1n) is 6.63. The van der Waals surface area contributed by atoms with E-state index in [4.69, 9.17) is 5.11 Å². The molecular weight excluding hydrogens is 264 g/mol. The summed E-state index contributed by atoms with van der Waals surface area (Å²) in [4.78, 5) is 15.9. The summed E-state index contributed by atoms with van der Waals surface area (Å²) < 4.78 is 0. The van der Waals surface area contributed by atoms with E-state index in [2.05, 4.69) is 22.1 Å². The maximum absolute atomic E-state index is 11.8. The van der Waals surface area contributed by atoms with Crippen LogP contribution in [-0.2, 0) is 17.8 Å². The molecule has 106 valence electrons. The number of carbonyl (C=O) groups is 1. The third-order valence-corrected chi connectivity index (χ3v) is 2.82. The number of carbonyl (C=O) groups excluding carboxylic acids is 1. The van der Waals surface area contributed by atoms with Crippen molar-refractivity contribution in [2.75, 3.05) is 6.61 Å². The number of nitrogens with zero attached hydrogens (tertiary/aromatic N) is 1. The molecule has 0 spiro atoms. The Bertz CT molecular complexity index is 640. The van der Waals surface area contributed by atoms with Crippen molar-refractivity contribution in [1.29, 1.82) is 0 Å². The number of benzene rings is 1. The van der Waals surface area contributed by atoms with Crippen LogP contribution in [0.4, 0.5) is 0 Å². The summed E-state index contributed by atoms with van der Waals surface area (Å²) >= 11 is 0. The first-order chi connectivity index (χ1) is 10.3. The second kappa shape index (κ2) is 7.83. The Labute approximate surface area is 123 Å². The molecule has 1 aromatic heterocycles. The van der Waals surface area contributed by atoms with E-state index in [0.29, 0.717) is 6.54 Å². The smallest absolute Gasteiger partial charge is 0.226 e. The molecule has 21 heavy (non-hydrogen) atoms. The summed E-state index contributed by atoms with van der Waals surface area (Å²) in [5.74, 6) is 5.36. The lowest BCUT2D eigenvalue weighted by Gasteiger charge is -2.05. The fourth-order valence-electron chi connectivity index (χ4n) is 1.78. The number of hydrogen-bond acceptors (Lipinski definition) is 3. The van der Waals surface area contributed by atoms with E-state index in [1.54, 1.807) is 6.20 Å². The van der Waals surface area contributed by atoms with Crippen LogP contribution in [0, 0.1) is 11.8 Å². The Morgan fingerprint density at radius 1 is 1.19 bits per heavy atom. The Balaban J connectivity index is 1.84. The molecular formula is C17H16N2O2. The third kappa shape index (κ3) is 5.09. The van der Waals surface area contributed by atoms with Crippen molar-refractivity contribution in [2.24, 2.45) is 0 Å². The molecule has 0 bridgehead atoms. The fraction of sp³-hybridized carbons (Fsp3) is 0.176. The minimum absolute atomic E-state index is 0.0575. The first kappa shape index (κ1) is 14.8. The van der Waals surface area contributed by atoms with Gasteiger partial charge in [-0.15, -0.1) is 0 Å². The van der Waals surface area contributed by atoms with Gasteiger partial charge in [0, 0.05) is 24.0 Å². The van der Waals surface area contributed by atoms with Gasteiger partial charge in [-0.05, 0) is 29.8 Å². The summed E-state index contributed by atoms with van der Waals surface area (Å²) in [5, 5.41) is 11.5. The number of nitrogens with one attached hydrogen (secondary N) is 1. The highest BCUT2D eigenvalue weighted by molar-refractivity contribution is 5.78. The lowest BCUT2D eigenvalue weighted by atomic mass is 10.1. The van der Waals surface area contributed by atoms with E-state index in [9.17, 15) is 4.79 Å². The number of hydrogen-bond donors (Lipinski definition) is 2. The zero-order valence-corrected chi connectivity index (χ0v) is 11.5. The van der Waals surface area contributed by atoms with Gasteiger partial charge in [0.15, 0.2) is 0 Å². The summed E-state index contributed by atoms with van der Waals surface area (Å²) in [5.41, 5.74) is 2.59. The summed E-state index contributed by atoms with van der Waals surface area (Å²) in [7, 11) is 0. The molecule has 0 saturated carbocycles. The average Bonchev–Trinajstić information content (AvgIpc) is 2.53. The van der Waals surface area contributed by atoms with Gasteiger partial charge in [0.05, 0.1) is 6.42 Å². The van der Waals surface area contributed by atoms with Crippen LogP contribution in [-0.4, -0.2) is 22.6 Å². The molecule has 1 amide bonds. The molecule has 0 atom stereocenters. The van der Waals surface area contributed by atoms with Gasteiger partial charge in [-0.25, -0.2) is 0 Å². The maximum atomic E-state index is 11.8. The minimum atomic E-state index is -0.147. The number of aliphatic hydroxyl groups is 1. The molecule has 0 aliphatic rings. The molecule has 1 heterocycles. The van der Waals surface area contributed by atoms with Crippen LogP contribution in [0.25, 0.3) is 0 Å². The van der Waals surface area contributed by atoms with E-state index in [1.165, 1.54) is 0 Å². The molecule has 0 unspecified atom stereocenters. The fourth-order valence-corrected chi connectivity index (χ4v) is 1.78. The van der Waals surface area contributed by atoms with Crippen LogP contribution < -0.4 is 5.32 Å². The SMILES string of the molecule is O=C(Cc1ccccn1)NCc1ccc(C#CCO)cc1. The lowest BCUT2D eigenvalue weighted by Crippen LogP contribution is -2.24. The van der Waals surface area contributed by atoms with Crippen molar-refractivity contribution in [1.82, 2.24) is 10.3 Å². The van der Waals surface area contributed by atoms with Crippen molar-refractivity contribution in [3.63, 3.8) is 0 Å². The van der Waals surface area contributed by atoms with Gasteiger partial charge in [0.1, 0.15) is 6.61 Å². The van der Waals surface area contributed by atoms with E-state index in [-0.39, 0.29) is 18.9 Å². The molecule has 2 rings (SSSR count). The van der Waals surface area contributed by atoms with E-state index >= 15 is 0 Å². The Hall–Kier alpha value is -2.64. The minimum Gasteiger partial charge on any atom is -0.384 e. The standard InChI is InChI=1S/C17H16N2O2/c20-11-3-4-14-6-8-15(9-7-14)13-19-17(21)12-16-5-1-2-10-18-16/h1-2,5-10,20H,11-13H2,(H,19,21). The van der Waals surface area contributed by atoms with Crippen molar-refractivity contribution < 1.29 is 9.90 Å².